The summed E-state index contributed by atoms with van der Waals surface area (Å²) in [5.41, 5.74) is 8.28. The molecule has 1 aliphatic carbocycles. The number of thiazole rings is 1. The van der Waals surface area contributed by atoms with Crippen molar-refractivity contribution in [3.63, 3.8) is 0 Å². The SMILES string of the molecule is COc1ccc(CC(CC2CC2)c2csc(N)n2)cc1. The van der Waals surface area contributed by atoms with Crippen LogP contribution in [0.1, 0.15) is 36.4 Å². The van der Waals surface area contributed by atoms with Crippen LogP contribution in [0, 0.1) is 5.92 Å². The quantitative estimate of drug-likeness (QED) is 0.878. The van der Waals surface area contributed by atoms with E-state index >= 15 is 0 Å². The third-order valence-electron chi connectivity index (χ3n) is 3.91. The standard InChI is InChI=1S/C16H20N2OS/c1-19-14-6-4-12(5-7-14)9-13(8-11-2-3-11)15-10-20-16(17)18-15/h4-7,10-11,13H,2-3,8-9H2,1H3,(H2,17,18). The fraction of sp³-hybridized carbons (Fsp3) is 0.438. The van der Waals surface area contributed by atoms with Gasteiger partial charge in [-0.05, 0) is 36.5 Å². The highest BCUT2D eigenvalue weighted by Crippen LogP contribution is 2.40. The number of hydrogen-bond donors (Lipinski definition) is 1. The summed E-state index contributed by atoms with van der Waals surface area (Å²) in [6.07, 6.45) is 5.01. The van der Waals surface area contributed by atoms with Crippen molar-refractivity contribution in [1.82, 2.24) is 4.98 Å². The first-order valence-electron chi connectivity index (χ1n) is 7.08. The van der Waals surface area contributed by atoms with Crippen molar-refractivity contribution in [2.45, 2.75) is 31.6 Å². The molecule has 1 saturated carbocycles. The van der Waals surface area contributed by atoms with Crippen molar-refractivity contribution in [2.24, 2.45) is 5.92 Å². The van der Waals surface area contributed by atoms with Crippen molar-refractivity contribution < 1.29 is 4.74 Å². The van der Waals surface area contributed by atoms with Crippen LogP contribution in [0.5, 0.6) is 5.75 Å². The van der Waals surface area contributed by atoms with Crippen molar-refractivity contribution in [3.05, 3.63) is 40.9 Å². The Balaban J connectivity index is 1.74. The summed E-state index contributed by atoms with van der Waals surface area (Å²) < 4.78 is 5.21. The molecule has 3 rings (SSSR count). The highest BCUT2D eigenvalue weighted by molar-refractivity contribution is 7.13. The van der Waals surface area contributed by atoms with Gasteiger partial charge in [-0.25, -0.2) is 4.98 Å². The summed E-state index contributed by atoms with van der Waals surface area (Å²) >= 11 is 1.54. The molecule has 1 aliphatic rings. The van der Waals surface area contributed by atoms with Gasteiger partial charge in [-0.3, -0.25) is 0 Å². The molecule has 0 spiro atoms. The van der Waals surface area contributed by atoms with Gasteiger partial charge in [-0.2, -0.15) is 0 Å². The van der Waals surface area contributed by atoms with Crippen molar-refractivity contribution >= 4 is 16.5 Å². The van der Waals surface area contributed by atoms with E-state index in [0.29, 0.717) is 11.0 Å². The number of hydrogen-bond acceptors (Lipinski definition) is 4. The predicted molar refractivity (Wildman–Crippen MR) is 83.3 cm³/mol. The molecule has 1 aromatic heterocycles. The smallest absolute Gasteiger partial charge is 0.180 e. The zero-order valence-electron chi connectivity index (χ0n) is 11.7. The summed E-state index contributed by atoms with van der Waals surface area (Å²) in [7, 11) is 1.70. The maximum absolute atomic E-state index is 5.78. The summed E-state index contributed by atoms with van der Waals surface area (Å²) in [5.74, 6) is 2.29. The minimum atomic E-state index is 0.490. The van der Waals surface area contributed by atoms with Crippen LogP contribution in [0.3, 0.4) is 0 Å². The van der Waals surface area contributed by atoms with Crippen LogP contribution < -0.4 is 10.5 Å². The van der Waals surface area contributed by atoms with E-state index in [9.17, 15) is 0 Å². The fourth-order valence-electron chi connectivity index (χ4n) is 2.60. The average molecular weight is 288 g/mol. The molecule has 0 bridgehead atoms. The lowest BCUT2D eigenvalue weighted by Crippen LogP contribution is -2.05. The van der Waals surface area contributed by atoms with Crippen LogP contribution in [-0.2, 0) is 6.42 Å². The lowest BCUT2D eigenvalue weighted by molar-refractivity contribution is 0.414. The van der Waals surface area contributed by atoms with Gasteiger partial charge < -0.3 is 10.5 Å². The number of methoxy groups -OCH3 is 1. The number of aromatic nitrogens is 1. The third-order valence-corrected chi connectivity index (χ3v) is 4.61. The zero-order valence-corrected chi connectivity index (χ0v) is 12.5. The van der Waals surface area contributed by atoms with Crippen LogP contribution >= 0.6 is 11.3 Å². The zero-order chi connectivity index (χ0) is 13.9. The van der Waals surface area contributed by atoms with Gasteiger partial charge in [-0.1, -0.05) is 25.0 Å². The minimum Gasteiger partial charge on any atom is -0.497 e. The number of benzene rings is 1. The molecule has 0 saturated heterocycles. The van der Waals surface area contributed by atoms with Gasteiger partial charge in [0, 0.05) is 11.3 Å². The van der Waals surface area contributed by atoms with Gasteiger partial charge in [0.2, 0.25) is 0 Å². The molecule has 1 heterocycles. The van der Waals surface area contributed by atoms with Crippen LogP contribution in [0.4, 0.5) is 5.13 Å². The molecule has 106 valence electrons. The van der Waals surface area contributed by atoms with Crippen molar-refractivity contribution in [2.75, 3.05) is 12.8 Å². The monoisotopic (exact) mass is 288 g/mol. The van der Waals surface area contributed by atoms with Gasteiger partial charge in [0.05, 0.1) is 12.8 Å². The van der Waals surface area contributed by atoms with Gasteiger partial charge >= 0.3 is 0 Å². The number of nitrogens with two attached hydrogens (primary N) is 1. The van der Waals surface area contributed by atoms with Gasteiger partial charge in [0.1, 0.15) is 5.75 Å². The number of anilines is 1. The molecule has 1 unspecified atom stereocenters. The van der Waals surface area contributed by atoms with E-state index in [1.165, 1.54) is 24.8 Å². The lowest BCUT2D eigenvalue weighted by atomic mass is 9.91. The summed E-state index contributed by atoms with van der Waals surface area (Å²) in [5, 5.41) is 2.79. The molecule has 4 heteroatoms. The van der Waals surface area contributed by atoms with Gasteiger partial charge in [0.25, 0.3) is 0 Å². The molecule has 2 N–H and O–H groups in total. The predicted octanol–water partition coefficient (Wildman–Crippen LogP) is 3.86. The molecule has 0 amide bonds. The molecule has 20 heavy (non-hydrogen) atoms. The van der Waals surface area contributed by atoms with E-state index in [1.54, 1.807) is 18.4 Å². The van der Waals surface area contributed by atoms with Gasteiger partial charge in [-0.15, -0.1) is 11.3 Å². The average Bonchev–Trinajstić information content (AvgIpc) is 3.18. The van der Waals surface area contributed by atoms with E-state index in [-0.39, 0.29) is 0 Å². The fourth-order valence-corrected chi connectivity index (χ4v) is 3.24. The topological polar surface area (TPSA) is 48.1 Å². The van der Waals surface area contributed by atoms with Crippen LogP contribution in [0.25, 0.3) is 0 Å². The second-order valence-electron chi connectivity index (χ2n) is 5.54. The Labute approximate surface area is 123 Å². The van der Waals surface area contributed by atoms with E-state index in [2.05, 4.69) is 22.5 Å². The Morgan fingerprint density at radius 3 is 2.65 bits per heavy atom. The second kappa shape index (κ2) is 5.83. The highest BCUT2D eigenvalue weighted by atomic mass is 32.1. The van der Waals surface area contributed by atoms with Gasteiger partial charge in [0.15, 0.2) is 5.13 Å². The Kier molecular flexibility index (Phi) is 3.92. The maximum Gasteiger partial charge on any atom is 0.180 e. The molecule has 0 aliphatic heterocycles. The number of nitrogen functional groups attached to an aromatic ring is 1. The first-order chi connectivity index (χ1) is 9.74. The molecule has 1 aromatic carbocycles. The van der Waals surface area contributed by atoms with E-state index in [0.717, 1.165) is 23.8 Å². The number of nitrogens with zero attached hydrogens (tertiary/aromatic N) is 1. The highest BCUT2D eigenvalue weighted by Gasteiger charge is 2.27. The summed E-state index contributed by atoms with van der Waals surface area (Å²) in [6, 6.07) is 8.35. The number of rotatable bonds is 6. The summed E-state index contributed by atoms with van der Waals surface area (Å²) in [4.78, 5) is 4.49. The Morgan fingerprint density at radius 1 is 1.35 bits per heavy atom. The first kappa shape index (κ1) is 13.4. The molecular formula is C16H20N2OS. The normalized spacial score (nSPS) is 16.1. The summed E-state index contributed by atoms with van der Waals surface area (Å²) in [6.45, 7) is 0. The van der Waals surface area contributed by atoms with Crippen LogP contribution in [0.2, 0.25) is 0 Å². The van der Waals surface area contributed by atoms with Crippen molar-refractivity contribution in [3.8, 4) is 5.75 Å². The lowest BCUT2D eigenvalue weighted by Gasteiger charge is -2.15. The van der Waals surface area contributed by atoms with E-state index in [4.69, 9.17) is 10.5 Å². The second-order valence-corrected chi connectivity index (χ2v) is 6.43. The Bertz CT molecular complexity index is 560. The molecule has 1 atom stereocenters. The van der Waals surface area contributed by atoms with Crippen molar-refractivity contribution in [1.29, 1.82) is 0 Å². The Morgan fingerprint density at radius 2 is 2.10 bits per heavy atom. The largest absolute Gasteiger partial charge is 0.497 e. The Hall–Kier alpha value is -1.55. The van der Waals surface area contributed by atoms with E-state index in [1.807, 2.05) is 12.1 Å². The molecule has 2 aromatic rings. The van der Waals surface area contributed by atoms with Crippen LogP contribution in [0.15, 0.2) is 29.6 Å². The maximum atomic E-state index is 5.78. The molecule has 0 radical (unpaired) electrons. The molecular weight excluding hydrogens is 268 g/mol. The molecule has 3 nitrogen and oxygen atoms in total. The van der Waals surface area contributed by atoms with Crippen LogP contribution in [-0.4, -0.2) is 12.1 Å². The molecule has 1 fully saturated rings. The minimum absolute atomic E-state index is 0.490. The first-order valence-corrected chi connectivity index (χ1v) is 7.96. The van der Waals surface area contributed by atoms with E-state index < -0.39 is 0 Å². The third kappa shape index (κ3) is 3.31. The number of ether oxygens (including phenoxy) is 1.